The lowest BCUT2D eigenvalue weighted by Crippen LogP contribution is -2.01. The first-order valence-electron chi connectivity index (χ1n) is 5.41. The van der Waals surface area contributed by atoms with Gasteiger partial charge in [-0.05, 0) is 35.4 Å². The standard InChI is InChI=1S/C13H12ClFN2S/c14-11-2-4-13(17-7-11)18-8-10-5-12(15)3-1-9(10)6-16/h1-5,7H,6,8,16H2. The number of pyridine rings is 1. The number of aromatic nitrogens is 1. The molecule has 0 fully saturated rings. The maximum atomic E-state index is 13.2. The monoisotopic (exact) mass is 282 g/mol. The predicted octanol–water partition coefficient (Wildman–Crippen LogP) is 3.63. The van der Waals surface area contributed by atoms with Crippen molar-refractivity contribution < 1.29 is 4.39 Å². The molecule has 0 atom stereocenters. The smallest absolute Gasteiger partial charge is 0.123 e. The van der Waals surface area contributed by atoms with Crippen LogP contribution in [-0.2, 0) is 12.3 Å². The molecule has 5 heteroatoms. The maximum Gasteiger partial charge on any atom is 0.123 e. The van der Waals surface area contributed by atoms with Gasteiger partial charge < -0.3 is 5.73 Å². The second kappa shape index (κ2) is 6.18. The van der Waals surface area contributed by atoms with Crippen molar-refractivity contribution in [1.82, 2.24) is 4.98 Å². The summed E-state index contributed by atoms with van der Waals surface area (Å²) in [5.74, 6) is 0.394. The third kappa shape index (κ3) is 3.45. The molecular formula is C13H12ClFN2S. The first-order valence-corrected chi connectivity index (χ1v) is 6.77. The van der Waals surface area contributed by atoms with E-state index in [2.05, 4.69) is 4.98 Å². The van der Waals surface area contributed by atoms with Crippen LogP contribution in [0.15, 0.2) is 41.6 Å². The average molecular weight is 283 g/mol. The van der Waals surface area contributed by atoms with Crippen LogP contribution in [-0.4, -0.2) is 4.98 Å². The molecule has 2 rings (SSSR count). The molecule has 18 heavy (non-hydrogen) atoms. The number of benzene rings is 1. The largest absolute Gasteiger partial charge is 0.326 e. The van der Waals surface area contributed by atoms with Gasteiger partial charge in [-0.3, -0.25) is 0 Å². The van der Waals surface area contributed by atoms with Crippen LogP contribution in [0.2, 0.25) is 5.02 Å². The first-order chi connectivity index (χ1) is 8.69. The molecule has 94 valence electrons. The highest BCUT2D eigenvalue weighted by atomic mass is 35.5. The van der Waals surface area contributed by atoms with E-state index in [1.54, 1.807) is 18.3 Å². The molecule has 0 aliphatic rings. The van der Waals surface area contributed by atoms with Gasteiger partial charge in [-0.15, -0.1) is 11.8 Å². The van der Waals surface area contributed by atoms with Crippen molar-refractivity contribution in [2.24, 2.45) is 5.73 Å². The van der Waals surface area contributed by atoms with E-state index in [0.29, 0.717) is 17.3 Å². The fourth-order valence-electron chi connectivity index (χ4n) is 1.53. The van der Waals surface area contributed by atoms with Gasteiger partial charge in [-0.25, -0.2) is 9.37 Å². The minimum atomic E-state index is -0.244. The fraction of sp³-hybridized carbons (Fsp3) is 0.154. The van der Waals surface area contributed by atoms with E-state index in [4.69, 9.17) is 17.3 Å². The van der Waals surface area contributed by atoms with Gasteiger partial charge in [0.15, 0.2) is 0 Å². The summed E-state index contributed by atoms with van der Waals surface area (Å²) in [4.78, 5) is 4.18. The van der Waals surface area contributed by atoms with Crippen LogP contribution in [0.1, 0.15) is 11.1 Å². The summed E-state index contributed by atoms with van der Waals surface area (Å²) in [5, 5.41) is 1.46. The lowest BCUT2D eigenvalue weighted by molar-refractivity contribution is 0.625. The minimum absolute atomic E-state index is 0.244. The zero-order valence-corrected chi connectivity index (χ0v) is 11.1. The molecule has 0 amide bonds. The molecule has 1 aromatic heterocycles. The SMILES string of the molecule is NCc1ccc(F)cc1CSc1ccc(Cl)cn1. The van der Waals surface area contributed by atoms with Crippen molar-refractivity contribution in [2.45, 2.75) is 17.3 Å². The van der Waals surface area contributed by atoms with Gasteiger partial charge in [0, 0.05) is 18.5 Å². The van der Waals surface area contributed by atoms with Crippen molar-refractivity contribution >= 4 is 23.4 Å². The van der Waals surface area contributed by atoms with E-state index in [-0.39, 0.29) is 5.82 Å². The average Bonchev–Trinajstić information content (AvgIpc) is 2.38. The van der Waals surface area contributed by atoms with Gasteiger partial charge in [0.1, 0.15) is 5.82 Å². The van der Waals surface area contributed by atoms with Crippen LogP contribution in [0.5, 0.6) is 0 Å². The Morgan fingerprint density at radius 2 is 2.06 bits per heavy atom. The summed E-state index contributed by atoms with van der Waals surface area (Å²) >= 11 is 7.29. The van der Waals surface area contributed by atoms with Gasteiger partial charge in [-0.1, -0.05) is 17.7 Å². The van der Waals surface area contributed by atoms with E-state index in [1.807, 2.05) is 6.07 Å². The fourth-order valence-corrected chi connectivity index (χ4v) is 2.50. The Bertz CT molecular complexity index is 531. The second-order valence-corrected chi connectivity index (χ2v) is 5.15. The van der Waals surface area contributed by atoms with Gasteiger partial charge in [0.2, 0.25) is 0 Å². The third-order valence-electron chi connectivity index (χ3n) is 2.46. The Kier molecular flexibility index (Phi) is 4.58. The summed E-state index contributed by atoms with van der Waals surface area (Å²) in [7, 11) is 0. The third-order valence-corrected chi connectivity index (χ3v) is 3.68. The van der Waals surface area contributed by atoms with Crippen molar-refractivity contribution in [3.63, 3.8) is 0 Å². The topological polar surface area (TPSA) is 38.9 Å². The number of halogens is 2. The molecule has 0 saturated carbocycles. The van der Waals surface area contributed by atoms with Gasteiger partial charge in [0.05, 0.1) is 10.0 Å². The molecule has 0 saturated heterocycles. The van der Waals surface area contributed by atoms with Gasteiger partial charge in [-0.2, -0.15) is 0 Å². The molecule has 0 aliphatic heterocycles. The normalized spacial score (nSPS) is 10.6. The molecule has 1 heterocycles. The van der Waals surface area contributed by atoms with Crippen molar-refractivity contribution in [2.75, 3.05) is 0 Å². The van der Waals surface area contributed by atoms with Crippen LogP contribution in [0.4, 0.5) is 4.39 Å². The predicted molar refractivity (Wildman–Crippen MR) is 73.1 cm³/mol. The molecule has 2 nitrogen and oxygen atoms in total. The van der Waals surface area contributed by atoms with Crippen LogP contribution in [0.3, 0.4) is 0 Å². The van der Waals surface area contributed by atoms with Crippen LogP contribution in [0, 0.1) is 5.82 Å². The highest BCUT2D eigenvalue weighted by molar-refractivity contribution is 7.98. The van der Waals surface area contributed by atoms with E-state index >= 15 is 0 Å². The van der Waals surface area contributed by atoms with E-state index in [0.717, 1.165) is 16.2 Å². The highest BCUT2D eigenvalue weighted by Gasteiger charge is 2.04. The quantitative estimate of drug-likeness (QED) is 0.871. The Hall–Kier alpha value is -1.10. The van der Waals surface area contributed by atoms with Gasteiger partial charge in [0.25, 0.3) is 0 Å². The molecule has 2 N–H and O–H groups in total. The lowest BCUT2D eigenvalue weighted by Gasteiger charge is -2.07. The lowest BCUT2D eigenvalue weighted by atomic mass is 10.1. The summed E-state index contributed by atoms with van der Waals surface area (Å²) in [6.07, 6.45) is 1.60. The molecule has 0 aliphatic carbocycles. The Morgan fingerprint density at radius 1 is 1.22 bits per heavy atom. The number of rotatable bonds is 4. The molecular weight excluding hydrogens is 271 g/mol. The maximum absolute atomic E-state index is 13.2. The van der Waals surface area contributed by atoms with Crippen molar-refractivity contribution in [3.8, 4) is 0 Å². The Balaban J connectivity index is 2.09. The number of thioether (sulfide) groups is 1. The minimum Gasteiger partial charge on any atom is -0.326 e. The zero-order chi connectivity index (χ0) is 13.0. The molecule has 0 bridgehead atoms. The second-order valence-electron chi connectivity index (χ2n) is 3.72. The summed E-state index contributed by atoms with van der Waals surface area (Å²) in [6.45, 7) is 0.407. The Labute approximate surface area is 114 Å². The highest BCUT2D eigenvalue weighted by Crippen LogP contribution is 2.24. The molecule has 0 radical (unpaired) electrons. The summed E-state index contributed by atoms with van der Waals surface area (Å²) < 4.78 is 13.2. The molecule has 0 spiro atoms. The molecule has 2 aromatic rings. The Morgan fingerprint density at radius 3 is 2.72 bits per heavy atom. The van der Waals surface area contributed by atoms with Crippen LogP contribution in [0.25, 0.3) is 0 Å². The number of nitrogens with two attached hydrogens (primary N) is 1. The number of hydrogen-bond donors (Lipinski definition) is 1. The van der Waals surface area contributed by atoms with Crippen LogP contribution < -0.4 is 5.73 Å². The summed E-state index contributed by atoms with van der Waals surface area (Å²) in [6, 6.07) is 8.29. The number of nitrogens with zero attached hydrogens (tertiary/aromatic N) is 1. The first kappa shape index (κ1) is 13.3. The van der Waals surface area contributed by atoms with Gasteiger partial charge >= 0.3 is 0 Å². The van der Waals surface area contributed by atoms with E-state index in [9.17, 15) is 4.39 Å². The molecule has 1 aromatic carbocycles. The van der Waals surface area contributed by atoms with E-state index in [1.165, 1.54) is 23.9 Å². The zero-order valence-electron chi connectivity index (χ0n) is 9.57. The number of hydrogen-bond acceptors (Lipinski definition) is 3. The van der Waals surface area contributed by atoms with Crippen molar-refractivity contribution in [1.29, 1.82) is 0 Å². The van der Waals surface area contributed by atoms with E-state index < -0.39 is 0 Å². The summed E-state index contributed by atoms with van der Waals surface area (Å²) in [5.41, 5.74) is 7.48. The van der Waals surface area contributed by atoms with Crippen molar-refractivity contribution in [3.05, 3.63) is 58.5 Å². The molecule has 0 unspecified atom stereocenters. The van der Waals surface area contributed by atoms with Crippen LogP contribution >= 0.6 is 23.4 Å².